The molecule has 2 aromatic heterocycles. The summed E-state index contributed by atoms with van der Waals surface area (Å²) in [5.41, 5.74) is 3.60. The molecule has 0 fully saturated rings. The van der Waals surface area contributed by atoms with E-state index in [-0.39, 0.29) is 0 Å². The van der Waals surface area contributed by atoms with Crippen LogP contribution in [0.1, 0.15) is 17.0 Å². The van der Waals surface area contributed by atoms with E-state index in [0.29, 0.717) is 0 Å². The van der Waals surface area contributed by atoms with Crippen LogP contribution in [-0.4, -0.2) is 14.5 Å². The van der Waals surface area contributed by atoms with Gasteiger partial charge in [-0.15, -0.1) is 0 Å². The molecule has 2 aromatic carbocycles. The van der Waals surface area contributed by atoms with E-state index in [0.717, 1.165) is 28.7 Å². The Hall–Kier alpha value is -2.59. The van der Waals surface area contributed by atoms with Gasteiger partial charge in [0, 0.05) is 24.3 Å². The molecule has 4 rings (SSSR count). The molecule has 0 radical (unpaired) electrons. The summed E-state index contributed by atoms with van der Waals surface area (Å²) in [6.07, 6.45) is 3.92. The molecule has 25 heavy (non-hydrogen) atoms. The van der Waals surface area contributed by atoms with E-state index in [2.05, 4.69) is 65.0 Å². The summed E-state index contributed by atoms with van der Waals surface area (Å²) in [5, 5.41) is 2.27. The van der Waals surface area contributed by atoms with Crippen molar-refractivity contribution in [3.63, 3.8) is 0 Å². The van der Waals surface area contributed by atoms with Crippen LogP contribution in [0, 0.1) is 6.92 Å². The van der Waals surface area contributed by atoms with Crippen LogP contribution >= 0.6 is 11.8 Å². The van der Waals surface area contributed by atoms with Crippen LogP contribution < -0.4 is 0 Å². The van der Waals surface area contributed by atoms with Gasteiger partial charge in [-0.1, -0.05) is 60.3 Å². The van der Waals surface area contributed by atoms with Crippen molar-refractivity contribution in [3.05, 3.63) is 90.0 Å². The fraction of sp³-hybridized carbons (Fsp3) is 0.143. The number of rotatable bonds is 5. The summed E-state index contributed by atoms with van der Waals surface area (Å²) >= 11 is 1.74. The third-order valence-corrected chi connectivity index (χ3v) is 5.15. The summed E-state index contributed by atoms with van der Waals surface area (Å²) in [5.74, 6) is 1.88. The van der Waals surface area contributed by atoms with E-state index in [9.17, 15) is 0 Å². The molecule has 3 nitrogen and oxygen atoms in total. The molecule has 0 spiro atoms. The Kier molecular flexibility index (Phi) is 4.53. The van der Waals surface area contributed by atoms with E-state index in [1.54, 1.807) is 11.8 Å². The van der Waals surface area contributed by atoms with Gasteiger partial charge in [-0.2, -0.15) is 0 Å². The third kappa shape index (κ3) is 3.59. The molecule has 0 saturated heterocycles. The maximum Gasteiger partial charge on any atom is 0.119 e. The minimum atomic E-state index is 0.810. The molecule has 4 heteroatoms. The second-order valence-electron chi connectivity index (χ2n) is 6.04. The van der Waals surface area contributed by atoms with Crippen molar-refractivity contribution in [2.45, 2.75) is 24.2 Å². The van der Waals surface area contributed by atoms with Crippen LogP contribution in [0.3, 0.4) is 0 Å². The molecular weight excluding hydrogens is 326 g/mol. The molecule has 4 aromatic rings. The van der Waals surface area contributed by atoms with Gasteiger partial charge in [0.25, 0.3) is 0 Å². The predicted molar refractivity (Wildman–Crippen MR) is 104 cm³/mol. The Morgan fingerprint density at radius 3 is 2.68 bits per heavy atom. The van der Waals surface area contributed by atoms with Gasteiger partial charge in [0.05, 0.1) is 16.3 Å². The smallest absolute Gasteiger partial charge is 0.119 e. The molecule has 2 heterocycles. The number of hydrogen-bond acceptors (Lipinski definition) is 3. The Labute approximate surface area is 151 Å². The lowest BCUT2D eigenvalue weighted by atomic mass is 10.1. The average Bonchev–Trinajstić information content (AvgIpc) is 3.08. The Balaban J connectivity index is 1.52. The molecule has 0 aliphatic rings. The van der Waals surface area contributed by atoms with E-state index in [1.807, 2.05) is 24.5 Å². The van der Waals surface area contributed by atoms with Crippen LogP contribution in [0.15, 0.2) is 78.1 Å². The minimum absolute atomic E-state index is 0.810. The van der Waals surface area contributed by atoms with Gasteiger partial charge >= 0.3 is 0 Å². The number of aryl methyl sites for hydroxylation is 1. The number of para-hydroxylation sites is 1. The third-order valence-electron chi connectivity index (χ3n) is 4.25. The van der Waals surface area contributed by atoms with E-state index in [4.69, 9.17) is 4.98 Å². The highest BCUT2D eigenvalue weighted by Gasteiger charge is 2.07. The zero-order chi connectivity index (χ0) is 17.1. The molecule has 0 saturated carbocycles. The monoisotopic (exact) mass is 345 g/mol. The van der Waals surface area contributed by atoms with Crippen molar-refractivity contribution in [2.24, 2.45) is 0 Å². The molecule has 0 bridgehead atoms. The number of nitrogens with zero attached hydrogens (tertiary/aromatic N) is 3. The Morgan fingerprint density at radius 1 is 1.00 bits per heavy atom. The lowest BCUT2D eigenvalue weighted by molar-refractivity contribution is 0.756. The van der Waals surface area contributed by atoms with Crippen molar-refractivity contribution in [3.8, 4) is 0 Å². The highest BCUT2D eigenvalue weighted by Crippen LogP contribution is 2.26. The fourth-order valence-corrected chi connectivity index (χ4v) is 3.88. The highest BCUT2D eigenvalue weighted by molar-refractivity contribution is 7.98. The van der Waals surface area contributed by atoms with Crippen LogP contribution in [0.5, 0.6) is 0 Å². The van der Waals surface area contributed by atoms with Crippen LogP contribution in [0.25, 0.3) is 10.9 Å². The standard InChI is InChI=1S/C21H19N3S/c1-16-13-21(23-19-10-6-5-9-18(16)19)25-15-20-22-11-12-24(20)14-17-7-3-2-4-8-17/h2-13H,14-15H2,1H3. The largest absolute Gasteiger partial charge is 0.330 e. The van der Waals surface area contributed by atoms with Crippen molar-refractivity contribution in [2.75, 3.05) is 0 Å². The number of imidazole rings is 1. The molecule has 0 aliphatic carbocycles. The lowest BCUT2D eigenvalue weighted by Crippen LogP contribution is -2.03. The maximum atomic E-state index is 4.78. The first kappa shape index (κ1) is 15.9. The highest BCUT2D eigenvalue weighted by atomic mass is 32.2. The molecule has 0 N–H and O–H groups in total. The quantitative estimate of drug-likeness (QED) is 0.473. The topological polar surface area (TPSA) is 30.7 Å². The van der Waals surface area contributed by atoms with Gasteiger partial charge < -0.3 is 4.57 Å². The first-order chi connectivity index (χ1) is 12.3. The van der Waals surface area contributed by atoms with Crippen LogP contribution in [0.4, 0.5) is 0 Å². The van der Waals surface area contributed by atoms with Gasteiger partial charge in [-0.25, -0.2) is 9.97 Å². The van der Waals surface area contributed by atoms with Crippen molar-refractivity contribution in [1.82, 2.24) is 14.5 Å². The summed E-state index contributed by atoms with van der Waals surface area (Å²) in [6, 6.07) is 20.9. The first-order valence-corrected chi connectivity index (χ1v) is 9.31. The lowest BCUT2D eigenvalue weighted by Gasteiger charge is -2.09. The minimum Gasteiger partial charge on any atom is -0.330 e. The summed E-state index contributed by atoms with van der Waals surface area (Å²) in [6.45, 7) is 2.99. The molecule has 0 unspecified atom stereocenters. The van der Waals surface area contributed by atoms with Crippen molar-refractivity contribution in [1.29, 1.82) is 0 Å². The molecule has 0 amide bonds. The second kappa shape index (κ2) is 7.11. The van der Waals surface area contributed by atoms with Gasteiger partial charge in [-0.05, 0) is 30.2 Å². The van der Waals surface area contributed by atoms with E-state index < -0.39 is 0 Å². The van der Waals surface area contributed by atoms with Crippen molar-refractivity contribution >= 4 is 22.7 Å². The maximum absolute atomic E-state index is 4.78. The number of benzene rings is 2. The second-order valence-corrected chi connectivity index (χ2v) is 7.04. The van der Waals surface area contributed by atoms with Crippen molar-refractivity contribution < 1.29 is 0 Å². The Bertz CT molecular complexity index is 992. The average molecular weight is 345 g/mol. The van der Waals surface area contributed by atoms with Crippen LogP contribution in [-0.2, 0) is 12.3 Å². The molecule has 0 aliphatic heterocycles. The van der Waals surface area contributed by atoms with Gasteiger partial charge in [0.2, 0.25) is 0 Å². The molecule has 0 atom stereocenters. The molecule has 124 valence electrons. The number of hydrogen-bond donors (Lipinski definition) is 0. The zero-order valence-electron chi connectivity index (χ0n) is 14.1. The van der Waals surface area contributed by atoms with Gasteiger partial charge in [0.1, 0.15) is 5.82 Å². The van der Waals surface area contributed by atoms with E-state index >= 15 is 0 Å². The predicted octanol–water partition coefficient (Wildman–Crippen LogP) is 5.08. The normalized spacial score (nSPS) is 11.1. The Morgan fingerprint density at radius 2 is 1.80 bits per heavy atom. The zero-order valence-corrected chi connectivity index (χ0v) is 14.9. The summed E-state index contributed by atoms with van der Waals surface area (Å²) in [7, 11) is 0. The van der Waals surface area contributed by atoms with Gasteiger partial charge in [0.15, 0.2) is 0 Å². The first-order valence-electron chi connectivity index (χ1n) is 8.33. The van der Waals surface area contributed by atoms with Gasteiger partial charge in [-0.3, -0.25) is 0 Å². The number of thioether (sulfide) groups is 1. The number of pyridine rings is 1. The SMILES string of the molecule is Cc1cc(SCc2nccn2Cc2ccccc2)nc2ccccc12. The van der Waals surface area contributed by atoms with Crippen LogP contribution in [0.2, 0.25) is 0 Å². The summed E-state index contributed by atoms with van der Waals surface area (Å²) in [4.78, 5) is 9.30. The fourth-order valence-electron chi connectivity index (χ4n) is 2.94. The summed E-state index contributed by atoms with van der Waals surface area (Å²) < 4.78 is 2.20. The number of fused-ring (bicyclic) bond motifs is 1. The number of aromatic nitrogens is 3. The molecular formula is C21H19N3S. The van der Waals surface area contributed by atoms with E-state index in [1.165, 1.54) is 16.5 Å².